The molecule has 1 N–H and O–H groups in total. The summed E-state index contributed by atoms with van der Waals surface area (Å²) < 4.78 is 0.913. The van der Waals surface area contributed by atoms with Crippen LogP contribution in [0.3, 0.4) is 0 Å². The van der Waals surface area contributed by atoms with Gasteiger partial charge in [0.2, 0.25) is 0 Å². The Balaban J connectivity index is 2.53. The predicted molar refractivity (Wildman–Crippen MR) is 54.3 cm³/mol. The molecular formula is C9H8BrN3. The Kier molecular flexibility index (Phi) is 2.14. The number of halogens is 1. The molecule has 2 rings (SSSR count). The van der Waals surface area contributed by atoms with E-state index in [1.54, 1.807) is 12.4 Å². The second-order valence-electron chi connectivity index (χ2n) is 2.72. The highest BCUT2D eigenvalue weighted by Crippen LogP contribution is 2.24. The Morgan fingerprint density at radius 1 is 1.31 bits per heavy atom. The number of hydrogen-bond acceptors (Lipinski definition) is 2. The van der Waals surface area contributed by atoms with Gasteiger partial charge in [-0.3, -0.25) is 4.98 Å². The van der Waals surface area contributed by atoms with Crippen molar-refractivity contribution in [1.82, 2.24) is 15.0 Å². The van der Waals surface area contributed by atoms with Crippen LogP contribution in [0.5, 0.6) is 0 Å². The zero-order chi connectivity index (χ0) is 9.26. The second kappa shape index (κ2) is 3.30. The predicted octanol–water partition coefficient (Wildman–Crippen LogP) is 2.54. The SMILES string of the molecule is Cc1nc(-c2ccncc2)c(Br)[nH]1. The Morgan fingerprint density at radius 2 is 2.00 bits per heavy atom. The van der Waals surface area contributed by atoms with Crippen molar-refractivity contribution >= 4 is 15.9 Å². The van der Waals surface area contributed by atoms with Crippen molar-refractivity contribution < 1.29 is 0 Å². The summed E-state index contributed by atoms with van der Waals surface area (Å²) >= 11 is 3.42. The van der Waals surface area contributed by atoms with Crippen molar-refractivity contribution in [3.63, 3.8) is 0 Å². The summed E-state index contributed by atoms with van der Waals surface area (Å²) in [5.41, 5.74) is 1.99. The number of imidazole rings is 1. The molecule has 0 aliphatic heterocycles. The van der Waals surface area contributed by atoms with E-state index in [4.69, 9.17) is 0 Å². The number of nitrogens with one attached hydrogen (secondary N) is 1. The maximum atomic E-state index is 4.35. The summed E-state index contributed by atoms with van der Waals surface area (Å²) in [5.74, 6) is 0.902. The van der Waals surface area contributed by atoms with Crippen LogP contribution in [-0.4, -0.2) is 15.0 Å². The average Bonchev–Trinajstić information content (AvgIpc) is 2.47. The van der Waals surface area contributed by atoms with E-state index in [2.05, 4.69) is 30.9 Å². The summed E-state index contributed by atoms with van der Waals surface area (Å²) in [4.78, 5) is 11.4. The van der Waals surface area contributed by atoms with Crippen LogP contribution in [0.25, 0.3) is 11.3 Å². The number of aromatic nitrogens is 3. The van der Waals surface area contributed by atoms with Crippen LogP contribution < -0.4 is 0 Å². The summed E-state index contributed by atoms with van der Waals surface area (Å²) in [6.07, 6.45) is 3.51. The molecule has 2 aromatic rings. The van der Waals surface area contributed by atoms with Crippen LogP contribution in [0, 0.1) is 6.92 Å². The van der Waals surface area contributed by atoms with Crippen LogP contribution in [0.2, 0.25) is 0 Å². The Bertz CT molecular complexity index is 408. The number of hydrogen-bond donors (Lipinski definition) is 1. The van der Waals surface area contributed by atoms with Gasteiger partial charge in [-0.25, -0.2) is 4.98 Å². The third kappa shape index (κ3) is 1.62. The Morgan fingerprint density at radius 3 is 2.54 bits per heavy atom. The van der Waals surface area contributed by atoms with Gasteiger partial charge in [-0.1, -0.05) is 0 Å². The van der Waals surface area contributed by atoms with Crippen LogP contribution in [0.15, 0.2) is 29.1 Å². The number of nitrogens with zero attached hydrogens (tertiary/aromatic N) is 2. The van der Waals surface area contributed by atoms with Crippen molar-refractivity contribution in [3.8, 4) is 11.3 Å². The van der Waals surface area contributed by atoms with Crippen molar-refractivity contribution in [3.05, 3.63) is 35.0 Å². The van der Waals surface area contributed by atoms with Gasteiger partial charge in [0, 0.05) is 18.0 Å². The fourth-order valence-corrected chi connectivity index (χ4v) is 1.77. The van der Waals surface area contributed by atoms with Gasteiger partial charge in [0.15, 0.2) is 0 Å². The minimum absolute atomic E-state index is 0.902. The molecule has 0 aliphatic carbocycles. The van der Waals surface area contributed by atoms with Gasteiger partial charge in [0.1, 0.15) is 16.1 Å². The molecule has 0 unspecified atom stereocenters. The lowest BCUT2D eigenvalue weighted by Crippen LogP contribution is -1.79. The van der Waals surface area contributed by atoms with E-state index in [9.17, 15) is 0 Å². The van der Waals surface area contributed by atoms with E-state index in [0.717, 1.165) is 21.7 Å². The molecule has 0 radical (unpaired) electrons. The van der Waals surface area contributed by atoms with Gasteiger partial charge in [-0.15, -0.1) is 0 Å². The molecule has 0 aromatic carbocycles. The van der Waals surface area contributed by atoms with Crippen LogP contribution in [0.4, 0.5) is 0 Å². The summed E-state index contributed by atoms with van der Waals surface area (Å²) in [7, 11) is 0. The molecule has 0 atom stereocenters. The quantitative estimate of drug-likeness (QED) is 0.829. The summed E-state index contributed by atoms with van der Waals surface area (Å²) in [6, 6.07) is 3.86. The molecule has 0 fully saturated rings. The van der Waals surface area contributed by atoms with E-state index in [1.165, 1.54) is 0 Å². The first-order valence-corrected chi connectivity index (χ1v) is 4.69. The highest BCUT2D eigenvalue weighted by atomic mass is 79.9. The van der Waals surface area contributed by atoms with Gasteiger partial charge in [0.05, 0.1) is 0 Å². The van der Waals surface area contributed by atoms with Crippen LogP contribution in [-0.2, 0) is 0 Å². The molecule has 0 saturated heterocycles. The molecule has 3 nitrogen and oxygen atoms in total. The fraction of sp³-hybridized carbons (Fsp3) is 0.111. The number of H-pyrrole nitrogens is 1. The molecule has 0 aliphatic rings. The lowest BCUT2D eigenvalue weighted by molar-refractivity contribution is 1.14. The molecule has 2 heterocycles. The van der Waals surface area contributed by atoms with Crippen molar-refractivity contribution in [2.24, 2.45) is 0 Å². The first kappa shape index (κ1) is 8.44. The molecule has 66 valence electrons. The average molecular weight is 238 g/mol. The molecule has 0 bridgehead atoms. The van der Waals surface area contributed by atoms with Gasteiger partial charge >= 0.3 is 0 Å². The maximum Gasteiger partial charge on any atom is 0.110 e. The molecular weight excluding hydrogens is 230 g/mol. The molecule has 0 saturated carbocycles. The van der Waals surface area contributed by atoms with Crippen LogP contribution in [0.1, 0.15) is 5.82 Å². The third-order valence-corrected chi connectivity index (χ3v) is 2.31. The largest absolute Gasteiger partial charge is 0.336 e. The molecule has 0 spiro atoms. The van der Waals surface area contributed by atoms with E-state index >= 15 is 0 Å². The van der Waals surface area contributed by atoms with Crippen molar-refractivity contribution in [2.75, 3.05) is 0 Å². The van der Waals surface area contributed by atoms with E-state index in [0.29, 0.717) is 0 Å². The highest BCUT2D eigenvalue weighted by molar-refractivity contribution is 9.10. The van der Waals surface area contributed by atoms with E-state index < -0.39 is 0 Å². The Hall–Kier alpha value is -1.16. The second-order valence-corrected chi connectivity index (χ2v) is 3.51. The standard InChI is InChI=1S/C9H8BrN3/c1-6-12-8(9(10)13-6)7-2-4-11-5-3-7/h2-5H,1H3,(H,12,13). The van der Waals surface area contributed by atoms with E-state index in [-0.39, 0.29) is 0 Å². The highest BCUT2D eigenvalue weighted by Gasteiger charge is 2.06. The topological polar surface area (TPSA) is 41.6 Å². The van der Waals surface area contributed by atoms with Crippen molar-refractivity contribution in [1.29, 1.82) is 0 Å². The lowest BCUT2D eigenvalue weighted by Gasteiger charge is -1.94. The zero-order valence-electron chi connectivity index (χ0n) is 7.08. The molecule has 0 amide bonds. The summed E-state index contributed by atoms with van der Waals surface area (Å²) in [5, 5.41) is 0. The summed E-state index contributed by atoms with van der Waals surface area (Å²) in [6.45, 7) is 1.93. The van der Waals surface area contributed by atoms with Crippen LogP contribution >= 0.6 is 15.9 Å². The van der Waals surface area contributed by atoms with Gasteiger partial charge < -0.3 is 4.98 Å². The van der Waals surface area contributed by atoms with Gasteiger partial charge in [-0.2, -0.15) is 0 Å². The minimum Gasteiger partial charge on any atom is -0.336 e. The number of pyridine rings is 1. The first-order valence-electron chi connectivity index (χ1n) is 3.90. The first-order chi connectivity index (χ1) is 6.27. The van der Waals surface area contributed by atoms with E-state index in [1.807, 2.05) is 19.1 Å². The van der Waals surface area contributed by atoms with Gasteiger partial charge in [-0.05, 0) is 35.0 Å². The normalized spacial score (nSPS) is 10.3. The third-order valence-electron chi connectivity index (χ3n) is 1.73. The molecule has 2 aromatic heterocycles. The smallest absolute Gasteiger partial charge is 0.110 e. The minimum atomic E-state index is 0.902. The maximum absolute atomic E-state index is 4.35. The molecule has 13 heavy (non-hydrogen) atoms. The van der Waals surface area contributed by atoms with Gasteiger partial charge in [0.25, 0.3) is 0 Å². The monoisotopic (exact) mass is 237 g/mol. The lowest BCUT2D eigenvalue weighted by atomic mass is 10.2. The van der Waals surface area contributed by atoms with Crippen molar-refractivity contribution in [2.45, 2.75) is 6.92 Å². The Labute approximate surface area is 84.4 Å². The number of aromatic amines is 1. The fourth-order valence-electron chi connectivity index (χ4n) is 1.16. The zero-order valence-corrected chi connectivity index (χ0v) is 8.67. The number of rotatable bonds is 1. The molecule has 4 heteroatoms. The number of aryl methyl sites for hydroxylation is 1.